The summed E-state index contributed by atoms with van der Waals surface area (Å²) in [6, 6.07) is 5.91. The van der Waals surface area contributed by atoms with E-state index in [-0.39, 0.29) is 6.04 Å². The van der Waals surface area contributed by atoms with Gasteiger partial charge < -0.3 is 16.4 Å². The number of benzene rings is 1. The van der Waals surface area contributed by atoms with E-state index in [0.717, 1.165) is 18.7 Å². The van der Waals surface area contributed by atoms with Crippen molar-refractivity contribution in [3.8, 4) is 0 Å². The molecule has 0 saturated carbocycles. The van der Waals surface area contributed by atoms with Gasteiger partial charge in [0.15, 0.2) is 0 Å². The second-order valence-electron chi connectivity index (χ2n) is 5.13. The standard InChI is InChI=1S/C14H20ClN3O/c1-9(7-11-3-2-6-17-11)18-13-8-10(14(16)19)4-5-12(13)15/h4-5,8-9,11,17-18H,2-3,6-7H2,1H3,(H2,16,19). The molecule has 2 atom stereocenters. The predicted octanol–water partition coefficient (Wildman–Crippen LogP) is 2.38. The lowest BCUT2D eigenvalue weighted by Crippen LogP contribution is -2.29. The first-order chi connectivity index (χ1) is 9.06. The van der Waals surface area contributed by atoms with E-state index < -0.39 is 5.91 Å². The fourth-order valence-corrected chi connectivity index (χ4v) is 2.67. The fourth-order valence-electron chi connectivity index (χ4n) is 2.50. The Balaban J connectivity index is 2.00. The molecule has 1 saturated heterocycles. The van der Waals surface area contributed by atoms with Gasteiger partial charge in [0.1, 0.15) is 0 Å². The molecule has 1 aromatic carbocycles. The van der Waals surface area contributed by atoms with Crippen molar-refractivity contribution in [3.63, 3.8) is 0 Å². The number of nitrogens with one attached hydrogen (secondary N) is 2. The van der Waals surface area contributed by atoms with Crippen LogP contribution in [0.2, 0.25) is 5.02 Å². The van der Waals surface area contributed by atoms with Crippen molar-refractivity contribution in [2.45, 2.75) is 38.3 Å². The van der Waals surface area contributed by atoms with Gasteiger partial charge in [-0.25, -0.2) is 0 Å². The Bertz CT molecular complexity index is 458. The van der Waals surface area contributed by atoms with Crippen molar-refractivity contribution in [2.24, 2.45) is 5.73 Å². The molecule has 4 nitrogen and oxygen atoms in total. The zero-order chi connectivity index (χ0) is 13.8. The number of carbonyl (C=O) groups is 1. The molecule has 1 amide bonds. The molecule has 0 bridgehead atoms. The molecule has 2 unspecified atom stereocenters. The molecule has 0 radical (unpaired) electrons. The largest absolute Gasteiger partial charge is 0.381 e. The van der Waals surface area contributed by atoms with Crippen LogP contribution >= 0.6 is 11.6 Å². The van der Waals surface area contributed by atoms with E-state index in [1.807, 2.05) is 0 Å². The van der Waals surface area contributed by atoms with Gasteiger partial charge in [-0.1, -0.05) is 11.6 Å². The summed E-state index contributed by atoms with van der Waals surface area (Å²) in [6.45, 7) is 3.22. The Morgan fingerprint density at radius 3 is 3.05 bits per heavy atom. The number of anilines is 1. The highest BCUT2D eigenvalue weighted by atomic mass is 35.5. The van der Waals surface area contributed by atoms with Gasteiger partial charge in [-0.15, -0.1) is 0 Å². The third-order valence-electron chi connectivity index (χ3n) is 3.45. The van der Waals surface area contributed by atoms with Gasteiger partial charge in [0.05, 0.1) is 10.7 Å². The summed E-state index contributed by atoms with van der Waals surface area (Å²) in [6.07, 6.45) is 3.51. The number of rotatable bonds is 5. The number of nitrogens with two attached hydrogens (primary N) is 1. The molecular weight excluding hydrogens is 262 g/mol. The van der Waals surface area contributed by atoms with Gasteiger partial charge in [-0.05, 0) is 50.9 Å². The van der Waals surface area contributed by atoms with Gasteiger partial charge in [0.25, 0.3) is 0 Å². The highest BCUT2D eigenvalue weighted by Crippen LogP contribution is 2.24. The lowest BCUT2D eigenvalue weighted by molar-refractivity contribution is 0.100. The zero-order valence-electron chi connectivity index (χ0n) is 11.1. The minimum atomic E-state index is -0.440. The van der Waals surface area contributed by atoms with Crippen LogP contribution < -0.4 is 16.4 Å². The Hall–Kier alpha value is -1.26. The number of primary amides is 1. The molecular formula is C14H20ClN3O. The summed E-state index contributed by atoms with van der Waals surface area (Å²) >= 11 is 6.13. The van der Waals surface area contributed by atoms with Crippen LogP contribution in [0.4, 0.5) is 5.69 Å². The summed E-state index contributed by atoms with van der Waals surface area (Å²) in [7, 11) is 0. The number of amides is 1. The highest BCUT2D eigenvalue weighted by Gasteiger charge is 2.17. The number of hydrogen-bond acceptors (Lipinski definition) is 3. The highest BCUT2D eigenvalue weighted by molar-refractivity contribution is 6.33. The van der Waals surface area contributed by atoms with Gasteiger partial charge in [-0.2, -0.15) is 0 Å². The third kappa shape index (κ3) is 3.85. The normalized spacial score (nSPS) is 20.2. The van der Waals surface area contributed by atoms with Crippen LogP contribution in [0.3, 0.4) is 0 Å². The van der Waals surface area contributed by atoms with Gasteiger partial charge >= 0.3 is 0 Å². The first-order valence-electron chi connectivity index (χ1n) is 6.65. The quantitative estimate of drug-likeness (QED) is 0.776. The van der Waals surface area contributed by atoms with Crippen molar-refractivity contribution in [1.82, 2.24) is 5.32 Å². The van der Waals surface area contributed by atoms with Crippen molar-refractivity contribution < 1.29 is 4.79 Å². The van der Waals surface area contributed by atoms with Crippen molar-refractivity contribution in [1.29, 1.82) is 0 Å². The van der Waals surface area contributed by atoms with Crippen molar-refractivity contribution >= 4 is 23.2 Å². The summed E-state index contributed by atoms with van der Waals surface area (Å²) in [5.41, 5.74) is 6.51. The number of carbonyl (C=O) groups excluding carboxylic acids is 1. The predicted molar refractivity (Wildman–Crippen MR) is 78.7 cm³/mol. The topological polar surface area (TPSA) is 67.2 Å². The van der Waals surface area contributed by atoms with E-state index >= 15 is 0 Å². The fraction of sp³-hybridized carbons (Fsp3) is 0.500. The van der Waals surface area contributed by atoms with E-state index in [1.54, 1.807) is 18.2 Å². The Kier molecular flexibility index (Phi) is 4.66. The first kappa shape index (κ1) is 14.2. The summed E-state index contributed by atoms with van der Waals surface area (Å²) in [4.78, 5) is 11.2. The zero-order valence-corrected chi connectivity index (χ0v) is 11.8. The smallest absolute Gasteiger partial charge is 0.248 e. The van der Waals surface area contributed by atoms with Crippen molar-refractivity contribution in [2.75, 3.05) is 11.9 Å². The van der Waals surface area contributed by atoms with Crippen LogP contribution in [-0.2, 0) is 0 Å². The molecule has 1 heterocycles. The molecule has 104 valence electrons. The Morgan fingerprint density at radius 2 is 2.42 bits per heavy atom. The lowest BCUT2D eigenvalue weighted by atomic mass is 10.1. The molecule has 1 aromatic rings. The number of halogens is 1. The molecule has 19 heavy (non-hydrogen) atoms. The van der Waals surface area contributed by atoms with Gasteiger partial charge in [-0.3, -0.25) is 4.79 Å². The minimum absolute atomic E-state index is 0.288. The van der Waals surface area contributed by atoms with Crippen LogP contribution in [0, 0.1) is 0 Å². The monoisotopic (exact) mass is 281 g/mol. The Morgan fingerprint density at radius 1 is 1.63 bits per heavy atom. The second-order valence-corrected chi connectivity index (χ2v) is 5.54. The van der Waals surface area contributed by atoms with Crippen molar-refractivity contribution in [3.05, 3.63) is 28.8 Å². The van der Waals surface area contributed by atoms with E-state index in [2.05, 4.69) is 17.6 Å². The van der Waals surface area contributed by atoms with Crippen LogP contribution in [0.15, 0.2) is 18.2 Å². The molecule has 4 N–H and O–H groups in total. The van der Waals surface area contributed by atoms with E-state index in [4.69, 9.17) is 17.3 Å². The van der Waals surface area contributed by atoms with Crippen LogP contribution in [-0.4, -0.2) is 24.5 Å². The SMILES string of the molecule is CC(CC1CCCN1)Nc1cc(C(N)=O)ccc1Cl. The Labute approximate surface area is 118 Å². The summed E-state index contributed by atoms with van der Waals surface area (Å²) < 4.78 is 0. The van der Waals surface area contributed by atoms with E-state index in [0.29, 0.717) is 16.6 Å². The van der Waals surface area contributed by atoms with Crippen LogP contribution in [0.1, 0.15) is 36.5 Å². The average Bonchev–Trinajstić information content (AvgIpc) is 2.84. The maximum atomic E-state index is 11.2. The number of hydrogen-bond donors (Lipinski definition) is 3. The second kappa shape index (κ2) is 6.26. The van der Waals surface area contributed by atoms with Crippen LogP contribution in [0.25, 0.3) is 0 Å². The molecule has 1 fully saturated rings. The molecule has 0 aromatic heterocycles. The maximum absolute atomic E-state index is 11.2. The molecule has 1 aliphatic rings. The van der Waals surface area contributed by atoms with Crippen LogP contribution in [0.5, 0.6) is 0 Å². The van der Waals surface area contributed by atoms with Gasteiger partial charge in [0, 0.05) is 17.6 Å². The summed E-state index contributed by atoms with van der Waals surface area (Å²) in [5, 5.41) is 7.43. The molecule has 0 spiro atoms. The van der Waals surface area contributed by atoms with Gasteiger partial charge in [0.2, 0.25) is 5.91 Å². The third-order valence-corrected chi connectivity index (χ3v) is 3.78. The molecule has 0 aliphatic carbocycles. The molecule has 5 heteroatoms. The molecule has 1 aliphatic heterocycles. The molecule has 2 rings (SSSR count). The lowest BCUT2D eigenvalue weighted by Gasteiger charge is -2.20. The maximum Gasteiger partial charge on any atom is 0.248 e. The first-order valence-corrected chi connectivity index (χ1v) is 7.03. The van der Waals surface area contributed by atoms with E-state index in [9.17, 15) is 4.79 Å². The average molecular weight is 282 g/mol. The van der Waals surface area contributed by atoms with E-state index in [1.165, 1.54) is 12.8 Å². The summed E-state index contributed by atoms with van der Waals surface area (Å²) in [5.74, 6) is -0.440. The minimum Gasteiger partial charge on any atom is -0.381 e.